The molecule has 0 unspecified atom stereocenters. The summed E-state index contributed by atoms with van der Waals surface area (Å²) in [5, 5.41) is 10.1. The smallest absolute Gasteiger partial charge is 0.206 e. The van der Waals surface area contributed by atoms with Crippen molar-refractivity contribution in [2.24, 2.45) is 0 Å². The molecule has 0 radical (unpaired) electrons. The van der Waals surface area contributed by atoms with Gasteiger partial charge in [0.05, 0.1) is 0 Å². The molecule has 1 rings (SSSR count). The molecule has 16 heavy (non-hydrogen) atoms. The number of halogens is 2. The van der Waals surface area contributed by atoms with Crippen molar-refractivity contribution in [3.63, 3.8) is 0 Å². The fourth-order valence-electron chi connectivity index (χ4n) is 1.28. The predicted molar refractivity (Wildman–Crippen MR) is 76.7 cm³/mol. The fraction of sp³-hybridized carbons (Fsp3) is 0.400. The maximum atomic E-state index is 11.6. The van der Waals surface area contributed by atoms with Gasteiger partial charge in [0.25, 0.3) is 0 Å². The van der Waals surface area contributed by atoms with Crippen molar-refractivity contribution in [3.05, 3.63) is 35.4 Å². The summed E-state index contributed by atoms with van der Waals surface area (Å²) in [6, 6.07) is 7.17. The van der Waals surface area contributed by atoms with Crippen molar-refractivity contribution in [1.82, 2.24) is 0 Å². The van der Waals surface area contributed by atoms with Crippen molar-refractivity contribution in [2.45, 2.75) is 14.7 Å². The molecule has 1 aromatic rings. The van der Waals surface area contributed by atoms with Gasteiger partial charge in [0.15, 0.2) is 9.84 Å². The van der Waals surface area contributed by atoms with E-state index in [1.165, 1.54) is 0 Å². The van der Waals surface area contributed by atoms with Gasteiger partial charge in [-0.2, -0.15) is 0 Å². The lowest BCUT2D eigenvalue weighted by Gasteiger charge is -2.26. The van der Waals surface area contributed by atoms with E-state index < -0.39 is 17.6 Å². The van der Waals surface area contributed by atoms with Crippen LogP contribution in [0.25, 0.3) is 0 Å². The first-order valence-electron chi connectivity index (χ1n) is 4.49. The largest absolute Gasteiger partial charge is 0.385 e. The second-order valence-corrected chi connectivity index (χ2v) is 11.5. The number of aryl methyl sites for hydroxylation is 1. The van der Waals surface area contributed by atoms with Crippen molar-refractivity contribution in [2.75, 3.05) is 6.26 Å². The van der Waals surface area contributed by atoms with Gasteiger partial charge in [0, 0.05) is 6.26 Å². The molecule has 0 spiro atoms. The molecule has 2 atom stereocenters. The first-order valence-corrected chi connectivity index (χ1v) is 8.25. The number of hydrogen-bond acceptors (Lipinski definition) is 3. The van der Waals surface area contributed by atoms with Crippen LogP contribution in [-0.2, 0) is 9.84 Å². The summed E-state index contributed by atoms with van der Waals surface area (Å²) in [4.78, 5) is 0. The van der Waals surface area contributed by atoms with Crippen LogP contribution in [0.4, 0.5) is 0 Å². The molecule has 0 heterocycles. The highest BCUT2D eigenvalue weighted by Crippen LogP contribution is 2.44. The van der Waals surface area contributed by atoms with Gasteiger partial charge in [-0.3, -0.25) is 0 Å². The Kier molecular flexibility index (Phi) is 4.42. The van der Waals surface area contributed by atoms with Crippen molar-refractivity contribution < 1.29 is 13.5 Å². The lowest BCUT2D eigenvalue weighted by atomic mass is 10.1. The lowest BCUT2D eigenvalue weighted by molar-refractivity contribution is 0.190. The van der Waals surface area contributed by atoms with E-state index in [4.69, 9.17) is 0 Å². The van der Waals surface area contributed by atoms with Crippen LogP contribution in [0.2, 0.25) is 0 Å². The molecule has 0 aliphatic heterocycles. The molecule has 0 amide bonds. The SMILES string of the molecule is Cc1ccccc1[C@H](O)[C@](Br)(I)S(C)(=O)=O. The Hall–Kier alpha value is 0.340. The molecule has 0 saturated heterocycles. The minimum Gasteiger partial charge on any atom is -0.385 e. The number of aliphatic hydroxyl groups is 1. The summed E-state index contributed by atoms with van der Waals surface area (Å²) in [7, 11) is -3.41. The van der Waals surface area contributed by atoms with E-state index in [0.29, 0.717) is 5.56 Å². The highest BCUT2D eigenvalue weighted by molar-refractivity contribution is 14.1. The third kappa shape index (κ3) is 2.77. The van der Waals surface area contributed by atoms with Crippen LogP contribution in [-0.4, -0.2) is 21.4 Å². The van der Waals surface area contributed by atoms with Crippen LogP contribution < -0.4 is 0 Å². The molecule has 0 aromatic heterocycles. The quantitative estimate of drug-likeness (QED) is 0.606. The van der Waals surface area contributed by atoms with Crippen LogP contribution in [0, 0.1) is 6.92 Å². The van der Waals surface area contributed by atoms with Gasteiger partial charge in [-0.1, -0.05) is 40.2 Å². The maximum absolute atomic E-state index is 11.6. The summed E-state index contributed by atoms with van der Waals surface area (Å²) in [6.07, 6.45) is -0.0142. The average molecular weight is 419 g/mol. The summed E-state index contributed by atoms with van der Waals surface area (Å²) < 4.78 is 21.7. The first kappa shape index (κ1) is 14.4. The third-order valence-corrected chi connectivity index (χ3v) is 8.70. The molecule has 0 saturated carbocycles. The zero-order valence-electron chi connectivity index (χ0n) is 8.81. The van der Waals surface area contributed by atoms with Crippen LogP contribution >= 0.6 is 38.5 Å². The Morgan fingerprint density at radius 1 is 1.44 bits per heavy atom. The number of rotatable bonds is 3. The van der Waals surface area contributed by atoms with E-state index in [1.54, 1.807) is 34.7 Å². The Morgan fingerprint density at radius 2 is 1.94 bits per heavy atom. The molecule has 1 N–H and O–H groups in total. The number of benzene rings is 1. The van der Waals surface area contributed by atoms with Crippen LogP contribution in [0.5, 0.6) is 0 Å². The topological polar surface area (TPSA) is 54.4 Å². The second-order valence-electron chi connectivity index (χ2n) is 3.59. The summed E-state index contributed by atoms with van der Waals surface area (Å²) in [5.41, 5.74) is 1.47. The zero-order valence-corrected chi connectivity index (χ0v) is 13.4. The Morgan fingerprint density at radius 3 is 2.38 bits per heavy atom. The van der Waals surface area contributed by atoms with E-state index in [1.807, 2.05) is 19.1 Å². The Bertz CT molecular complexity index is 485. The number of alkyl halides is 2. The van der Waals surface area contributed by atoms with Gasteiger partial charge >= 0.3 is 0 Å². The van der Waals surface area contributed by atoms with Crippen LogP contribution in [0.3, 0.4) is 0 Å². The summed E-state index contributed by atoms with van der Waals surface area (Å²) in [6.45, 7) is 1.83. The molecule has 6 heteroatoms. The van der Waals surface area contributed by atoms with Crippen LogP contribution in [0.15, 0.2) is 24.3 Å². The van der Waals surface area contributed by atoms with Gasteiger partial charge in [-0.15, -0.1) is 0 Å². The van der Waals surface area contributed by atoms with E-state index in [2.05, 4.69) is 15.9 Å². The van der Waals surface area contributed by atoms with Gasteiger partial charge in [0.1, 0.15) is 6.10 Å². The Labute approximate surface area is 117 Å². The highest BCUT2D eigenvalue weighted by atomic mass is 127. The maximum Gasteiger partial charge on any atom is 0.206 e. The minimum atomic E-state index is -3.41. The molecule has 0 bridgehead atoms. The fourth-order valence-corrected chi connectivity index (χ4v) is 2.39. The monoisotopic (exact) mass is 418 g/mol. The molecule has 3 nitrogen and oxygen atoms in total. The van der Waals surface area contributed by atoms with Gasteiger partial charge in [-0.05, 0) is 40.6 Å². The van der Waals surface area contributed by atoms with Crippen molar-refractivity contribution in [1.29, 1.82) is 0 Å². The van der Waals surface area contributed by atoms with E-state index in [9.17, 15) is 13.5 Å². The molecule has 90 valence electrons. The Balaban J connectivity index is 3.23. The highest BCUT2D eigenvalue weighted by Gasteiger charge is 2.43. The van der Waals surface area contributed by atoms with Crippen molar-refractivity contribution >= 4 is 48.4 Å². The molecule has 1 aromatic carbocycles. The minimum absolute atomic E-state index is 0.610. The van der Waals surface area contributed by atoms with E-state index in [0.717, 1.165) is 11.8 Å². The van der Waals surface area contributed by atoms with Gasteiger partial charge < -0.3 is 5.11 Å². The number of aliphatic hydroxyl groups excluding tert-OH is 1. The second kappa shape index (κ2) is 4.91. The van der Waals surface area contributed by atoms with Crippen molar-refractivity contribution in [3.8, 4) is 0 Å². The standard InChI is InChI=1S/C10H12BrIO3S/c1-7-5-3-4-6-8(7)9(13)10(11,12)16(2,14)15/h3-6,9,13H,1-2H3/t9-,10-/m0/s1. The predicted octanol–water partition coefficient (Wildman–Crippen LogP) is 2.56. The third-order valence-electron chi connectivity index (χ3n) is 2.30. The zero-order chi connectivity index (χ0) is 12.6. The van der Waals surface area contributed by atoms with Gasteiger partial charge in [-0.25, -0.2) is 8.42 Å². The van der Waals surface area contributed by atoms with E-state index >= 15 is 0 Å². The molecular formula is C10H12BrIO3S. The van der Waals surface area contributed by atoms with Crippen LogP contribution in [0.1, 0.15) is 17.2 Å². The first-order chi connectivity index (χ1) is 7.18. The van der Waals surface area contributed by atoms with Gasteiger partial charge in [0.2, 0.25) is 1.66 Å². The molecular weight excluding hydrogens is 407 g/mol. The molecule has 0 aliphatic rings. The summed E-state index contributed by atoms with van der Waals surface area (Å²) >= 11 is 4.79. The normalized spacial score (nSPS) is 17.8. The lowest BCUT2D eigenvalue weighted by Crippen LogP contribution is -2.31. The average Bonchev–Trinajstić information content (AvgIpc) is 2.15. The molecule has 0 aliphatic carbocycles. The van der Waals surface area contributed by atoms with E-state index in [-0.39, 0.29) is 0 Å². The number of hydrogen-bond donors (Lipinski definition) is 1. The molecule has 0 fully saturated rings. The number of sulfone groups is 1. The summed E-state index contributed by atoms with van der Waals surface area (Å²) in [5.74, 6) is 0.